The van der Waals surface area contributed by atoms with Crippen LogP contribution in [-0.4, -0.2) is 48.8 Å². The minimum Gasteiger partial charge on any atom is -0.491 e. The van der Waals surface area contributed by atoms with E-state index < -0.39 is 11.9 Å². The first-order valence-corrected chi connectivity index (χ1v) is 10.9. The van der Waals surface area contributed by atoms with Crippen LogP contribution in [0.4, 0.5) is 18.9 Å². The molecule has 2 aliphatic rings. The Morgan fingerprint density at radius 2 is 2.00 bits per heavy atom. The Hall–Kier alpha value is -2.71. The number of benzene rings is 2. The summed E-state index contributed by atoms with van der Waals surface area (Å²) in [6.45, 7) is 2.24. The molecule has 2 N–H and O–H groups in total. The summed E-state index contributed by atoms with van der Waals surface area (Å²) in [6, 6.07) is 14.2. The Bertz CT molecular complexity index is 1100. The molecule has 5 nitrogen and oxygen atoms in total. The van der Waals surface area contributed by atoms with E-state index in [1.54, 1.807) is 19.2 Å². The lowest BCUT2D eigenvalue weighted by Gasteiger charge is -2.44. The third kappa shape index (κ3) is 3.93. The zero-order valence-corrected chi connectivity index (χ0v) is 17.8. The summed E-state index contributed by atoms with van der Waals surface area (Å²) in [5, 5.41) is 4.10. The van der Waals surface area contributed by atoms with Gasteiger partial charge in [-0.05, 0) is 43.7 Å². The quantitative estimate of drug-likeness (QED) is 0.579. The maximum absolute atomic E-state index is 13.3. The molecule has 32 heavy (non-hydrogen) atoms. The zero-order valence-electron chi connectivity index (χ0n) is 17.8. The van der Waals surface area contributed by atoms with E-state index in [-0.39, 0.29) is 18.2 Å². The predicted molar refractivity (Wildman–Crippen MR) is 117 cm³/mol. The van der Waals surface area contributed by atoms with E-state index in [4.69, 9.17) is 9.47 Å². The first-order chi connectivity index (χ1) is 15.4. The van der Waals surface area contributed by atoms with Crippen molar-refractivity contribution in [1.82, 2.24) is 9.88 Å². The van der Waals surface area contributed by atoms with Gasteiger partial charge in [-0.2, -0.15) is 13.2 Å². The van der Waals surface area contributed by atoms with Gasteiger partial charge in [0, 0.05) is 35.8 Å². The van der Waals surface area contributed by atoms with E-state index in [0.29, 0.717) is 23.2 Å². The Labute approximate surface area is 184 Å². The van der Waals surface area contributed by atoms with Gasteiger partial charge in [0.05, 0.1) is 18.2 Å². The molecule has 0 unspecified atom stereocenters. The first kappa shape index (κ1) is 21.2. The Morgan fingerprint density at radius 3 is 2.81 bits per heavy atom. The Balaban J connectivity index is 1.52. The Morgan fingerprint density at radius 1 is 1.16 bits per heavy atom. The Kier molecular flexibility index (Phi) is 5.51. The largest absolute Gasteiger partial charge is 0.491 e. The molecule has 0 radical (unpaired) electrons. The van der Waals surface area contributed by atoms with Crippen LogP contribution in [0.2, 0.25) is 0 Å². The number of hydrogen-bond acceptors (Lipinski definition) is 4. The number of fused-ring (bicyclic) bond motifs is 2. The van der Waals surface area contributed by atoms with E-state index in [1.807, 2.05) is 30.3 Å². The van der Waals surface area contributed by atoms with E-state index in [2.05, 4.69) is 15.2 Å². The second-order valence-corrected chi connectivity index (χ2v) is 8.48. The molecule has 2 aliphatic heterocycles. The summed E-state index contributed by atoms with van der Waals surface area (Å²) in [4.78, 5) is 4.88. The number of methoxy groups -OCH3 is 1. The molecule has 5 rings (SSSR count). The summed E-state index contributed by atoms with van der Waals surface area (Å²) in [7, 11) is 1.74. The molecule has 0 aliphatic carbocycles. The summed E-state index contributed by atoms with van der Waals surface area (Å²) >= 11 is 0. The predicted octanol–water partition coefficient (Wildman–Crippen LogP) is 5.21. The van der Waals surface area contributed by atoms with E-state index >= 15 is 0 Å². The maximum atomic E-state index is 13.3. The topological polar surface area (TPSA) is 49.5 Å². The summed E-state index contributed by atoms with van der Waals surface area (Å²) in [5.41, 5.74) is 1.38. The number of aromatic nitrogens is 1. The molecule has 8 heteroatoms. The van der Waals surface area contributed by atoms with Crippen molar-refractivity contribution in [2.24, 2.45) is 0 Å². The molecule has 0 spiro atoms. The van der Waals surface area contributed by atoms with Gasteiger partial charge in [-0.3, -0.25) is 4.90 Å². The zero-order chi connectivity index (χ0) is 22.3. The van der Waals surface area contributed by atoms with Crippen molar-refractivity contribution in [2.75, 3.05) is 32.1 Å². The lowest BCUT2D eigenvalue weighted by atomic mass is 9.92. The number of likely N-dealkylation sites (tertiary alicyclic amines) is 1. The van der Waals surface area contributed by atoms with E-state index in [9.17, 15) is 13.2 Å². The average molecular weight is 445 g/mol. The van der Waals surface area contributed by atoms with Crippen LogP contribution >= 0.6 is 0 Å². The van der Waals surface area contributed by atoms with Gasteiger partial charge >= 0.3 is 6.18 Å². The van der Waals surface area contributed by atoms with Crippen molar-refractivity contribution >= 4 is 16.6 Å². The maximum Gasteiger partial charge on any atom is 0.431 e. The molecule has 3 aromatic rings. The highest BCUT2D eigenvalue weighted by molar-refractivity contribution is 5.93. The SMILES string of the molecule is CO[C@@H]1CCCN([C@H]2COc3ccccc3[C@@H]2Nc2cccc3[nH]c(C(F)(F)F)cc23)C1. The number of alkyl halides is 3. The number of rotatable bonds is 4. The third-order valence-electron chi connectivity index (χ3n) is 6.54. The molecule has 3 heterocycles. The molecule has 3 atom stereocenters. The van der Waals surface area contributed by atoms with Gasteiger partial charge in [-0.1, -0.05) is 24.3 Å². The minimum absolute atomic E-state index is 0.0270. The molecule has 0 saturated carbocycles. The number of ether oxygens (including phenoxy) is 2. The molecule has 170 valence electrons. The smallest absolute Gasteiger partial charge is 0.431 e. The number of H-pyrrole nitrogens is 1. The fraction of sp³-hybridized carbons (Fsp3) is 0.417. The molecular weight excluding hydrogens is 419 g/mol. The van der Waals surface area contributed by atoms with Crippen LogP contribution in [0.25, 0.3) is 10.9 Å². The van der Waals surface area contributed by atoms with Crippen LogP contribution in [0.1, 0.15) is 30.1 Å². The first-order valence-electron chi connectivity index (χ1n) is 10.9. The van der Waals surface area contributed by atoms with Gasteiger partial charge in [0.25, 0.3) is 0 Å². The van der Waals surface area contributed by atoms with Crippen LogP contribution < -0.4 is 10.1 Å². The molecule has 0 amide bonds. The second-order valence-electron chi connectivity index (χ2n) is 8.48. The summed E-state index contributed by atoms with van der Waals surface area (Å²) < 4.78 is 51.6. The lowest BCUT2D eigenvalue weighted by molar-refractivity contribution is -0.140. The number of piperidine rings is 1. The normalized spacial score (nSPS) is 24.2. The lowest BCUT2D eigenvalue weighted by Crippen LogP contribution is -2.53. The number of hydrogen-bond donors (Lipinski definition) is 2. The van der Waals surface area contributed by atoms with Crippen molar-refractivity contribution in [3.63, 3.8) is 0 Å². The van der Waals surface area contributed by atoms with E-state index in [1.165, 1.54) is 6.07 Å². The highest BCUT2D eigenvalue weighted by Crippen LogP contribution is 2.40. The third-order valence-corrected chi connectivity index (χ3v) is 6.54. The monoisotopic (exact) mass is 445 g/mol. The molecule has 1 saturated heterocycles. The number of nitrogens with one attached hydrogen (secondary N) is 2. The van der Waals surface area contributed by atoms with Crippen LogP contribution in [0.15, 0.2) is 48.5 Å². The van der Waals surface area contributed by atoms with Gasteiger partial charge in [-0.15, -0.1) is 0 Å². The second kappa shape index (κ2) is 8.33. The number of halogens is 3. The standard InChI is InChI=1S/C24H26F3N3O2/c1-31-15-6-5-11-30(13-15)20-14-32-21-10-3-2-7-16(21)23(20)29-19-9-4-8-18-17(19)12-22(28-18)24(25,26)27/h2-4,7-10,12,15,20,23,28-29H,5-6,11,13-14H2,1H3/t15-,20+,23+/m1/s1. The molecule has 2 aromatic carbocycles. The van der Waals surface area contributed by atoms with Crippen molar-refractivity contribution < 1.29 is 22.6 Å². The van der Waals surface area contributed by atoms with Gasteiger partial charge in [0.1, 0.15) is 18.1 Å². The fourth-order valence-electron chi connectivity index (χ4n) is 4.90. The van der Waals surface area contributed by atoms with Crippen LogP contribution in [0.3, 0.4) is 0 Å². The van der Waals surface area contributed by atoms with E-state index in [0.717, 1.165) is 37.2 Å². The molecule has 1 fully saturated rings. The molecular formula is C24H26F3N3O2. The number of anilines is 1. The number of nitrogens with zero attached hydrogens (tertiary/aromatic N) is 1. The number of aromatic amines is 1. The van der Waals surface area contributed by atoms with Gasteiger partial charge < -0.3 is 19.8 Å². The van der Waals surface area contributed by atoms with Crippen molar-refractivity contribution in [1.29, 1.82) is 0 Å². The summed E-state index contributed by atoms with van der Waals surface area (Å²) in [6.07, 6.45) is -2.19. The molecule has 1 aromatic heterocycles. The van der Waals surface area contributed by atoms with Crippen LogP contribution in [0.5, 0.6) is 5.75 Å². The number of para-hydroxylation sites is 1. The van der Waals surface area contributed by atoms with Crippen molar-refractivity contribution in [3.05, 3.63) is 59.8 Å². The summed E-state index contributed by atoms with van der Waals surface area (Å²) in [5.74, 6) is 0.804. The van der Waals surface area contributed by atoms with Gasteiger partial charge in [-0.25, -0.2) is 0 Å². The van der Waals surface area contributed by atoms with Gasteiger partial charge in [0.15, 0.2) is 0 Å². The molecule has 0 bridgehead atoms. The van der Waals surface area contributed by atoms with Crippen LogP contribution in [0, 0.1) is 0 Å². The highest BCUT2D eigenvalue weighted by atomic mass is 19.4. The average Bonchev–Trinajstić information content (AvgIpc) is 3.25. The van der Waals surface area contributed by atoms with Gasteiger partial charge in [0.2, 0.25) is 0 Å². The minimum atomic E-state index is -4.42. The fourth-order valence-corrected chi connectivity index (χ4v) is 4.90. The highest BCUT2D eigenvalue weighted by Gasteiger charge is 2.38. The van der Waals surface area contributed by atoms with Crippen molar-refractivity contribution in [3.8, 4) is 5.75 Å². The van der Waals surface area contributed by atoms with Crippen molar-refractivity contribution in [2.45, 2.75) is 37.2 Å². The van der Waals surface area contributed by atoms with Crippen LogP contribution in [-0.2, 0) is 10.9 Å².